The van der Waals surface area contributed by atoms with Crippen molar-refractivity contribution in [3.8, 4) is 17.1 Å². The van der Waals surface area contributed by atoms with E-state index in [0.717, 1.165) is 28.3 Å². The SMILES string of the molecule is COc1ccc(-c2ncc(C)c(NCc3cccnc3)n2)cc1. The summed E-state index contributed by atoms with van der Waals surface area (Å²) < 4.78 is 5.18. The molecule has 1 aromatic carbocycles. The molecular weight excluding hydrogens is 288 g/mol. The summed E-state index contributed by atoms with van der Waals surface area (Å²) in [5.41, 5.74) is 3.07. The number of methoxy groups -OCH3 is 1. The minimum Gasteiger partial charge on any atom is -0.497 e. The maximum absolute atomic E-state index is 5.18. The van der Waals surface area contributed by atoms with Crippen LogP contribution in [0.3, 0.4) is 0 Å². The molecule has 0 aliphatic carbocycles. The highest BCUT2D eigenvalue weighted by Gasteiger charge is 2.06. The number of benzene rings is 1. The van der Waals surface area contributed by atoms with Gasteiger partial charge in [-0.15, -0.1) is 0 Å². The fourth-order valence-corrected chi connectivity index (χ4v) is 2.19. The Morgan fingerprint density at radius 3 is 2.61 bits per heavy atom. The van der Waals surface area contributed by atoms with Crippen LogP contribution in [0.4, 0.5) is 5.82 Å². The number of nitrogens with one attached hydrogen (secondary N) is 1. The molecule has 2 aromatic heterocycles. The van der Waals surface area contributed by atoms with E-state index >= 15 is 0 Å². The number of aryl methyl sites for hydroxylation is 1. The molecule has 116 valence electrons. The van der Waals surface area contributed by atoms with Gasteiger partial charge in [-0.3, -0.25) is 4.98 Å². The molecule has 5 nitrogen and oxygen atoms in total. The molecule has 0 saturated carbocycles. The molecule has 3 aromatic rings. The van der Waals surface area contributed by atoms with Gasteiger partial charge in [0.2, 0.25) is 0 Å². The lowest BCUT2D eigenvalue weighted by Gasteiger charge is -2.10. The minimum atomic E-state index is 0.674. The van der Waals surface area contributed by atoms with Gasteiger partial charge in [-0.2, -0.15) is 0 Å². The van der Waals surface area contributed by atoms with Crippen molar-refractivity contribution in [3.63, 3.8) is 0 Å². The molecule has 0 unspecified atom stereocenters. The van der Waals surface area contributed by atoms with Crippen LogP contribution in [-0.4, -0.2) is 22.1 Å². The van der Waals surface area contributed by atoms with E-state index < -0.39 is 0 Å². The first-order chi connectivity index (χ1) is 11.3. The van der Waals surface area contributed by atoms with Crippen molar-refractivity contribution in [1.82, 2.24) is 15.0 Å². The smallest absolute Gasteiger partial charge is 0.161 e. The van der Waals surface area contributed by atoms with Gasteiger partial charge in [0.15, 0.2) is 5.82 Å². The summed E-state index contributed by atoms with van der Waals surface area (Å²) in [5.74, 6) is 2.33. The van der Waals surface area contributed by atoms with Gasteiger partial charge in [0.25, 0.3) is 0 Å². The fraction of sp³-hybridized carbons (Fsp3) is 0.167. The van der Waals surface area contributed by atoms with Crippen molar-refractivity contribution < 1.29 is 4.74 Å². The summed E-state index contributed by atoms with van der Waals surface area (Å²) in [4.78, 5) is 13.2. The highest BCUT2D eigenvalue weighted by atomic mass is 16.5. The van der Waals surface area contributed by atoms with Crippen molar-refractivity contribution in [1.29, 1.82) is 0 Å². The molecule has 0 amide bonds. The minimum absolute atomic E-state index is 0.674. The van der Waals surface area contributed by atoms with Crippen LogP contribution in [-0.2, 0) is 6.54 Å². The predicted molar refractivity (Wildman–Crippen MR) is 90.3 cm³/mol. The van der Waals surface area contributed by atoms with Crippen molar-refractivity contribution in [3.05, 3.63) is 66.1 Å². The lowest BCUT2D eigenvalue weighted by atomic mass is 10.2. The topological polar surface area (TPSA) is 59.9 Å². The zero-order valence-electron chi connectivity index (χ0n) is 13.2. The van der Waals surface area contributed by atoms with Gasteiger partial charge in [0.1, 0.15) is 11.6 Å². The molecule has 1 N–H and O–H groups in total. The molecular formula is C18H18N4O. The Labute approximate surface area is 135 Å². The second-order valence-corrected chi connectivity index (χ2v) is 5.17. The molecule has 2 heterocycles. The van der Waals surface area contributed by atoms with Crippen LogP contribution in [0.1, 0.15) is 11.1 Å². The highest BCUT2D eigenvalue weighted by Crippen LogP contribution is 2.21. The van der Waals surface area contributed by atoms with Crippen LogP contribution in [0, 0.1) is 6.92 Å². The van der Waals surface area contributed by atoms with Gasteiger partial charge in [-0.25, -0.2) is 9.97 Å². The third kappa shape index (κ3) is 3.63. The summed E-state index contributed by atoms with van der Waals surface area (Å²) in [6.07, 6.45) is 5.44. The zero-order chi connectivity index (χ0) is 16.1. The molecule has 0 bridgehead atoms. The fourth-order valence-electron chi connectivity index (χ4n) is 2.19. The normalized spacial score (nSPS) is 10.3. The van der Waals surface area contributed by atoms with E-state index in [4.69, 9.17) is 4.74 Å². The van der Waals surface area contributed by atoms with E-state index in [1.54, 1.807) is 13.3 Å². The Morgan fingerprint density at radius 2 is 1.91 bits per heavy atom. The summed E-state index contributed by atoms with van der Waals surface area (Å²) in [5, 5.41) is 3.35. The van der Waals surface area contributed by atoms with Gasteiger partial charge in [-0.1, -0.05) is 6.07 Å². The number of rotatable bonds is 5. The Morgan fingerprint density at radius 1 is 1.09 bits per heavy atom. The average Bonchev–Trinajstić information content (AvgIpc) is 2.62. The van der Waals surface area contributed by atoms with E-state index in [1.807, 2.05) is 55.7 Å². The molecule has 0 aliphatic heterocycles. The van der Waals surface area contributed by atoms with Gasteiger partial charge >= 0.3 is 0 Å². The maximum atomic E-state index is 5.18. The van der Waals surface area contributed by atoms with Gasteiger partial charge in [0.05, 0.1) is 7.11 Å². The van der Waals surface area contributed by atoms with Crippen LogP contribution in [0.2, 0.25) is 0 Å². The first kappa shape index (κ1) is 15.0. The van der Waals surface area contributed by atoms with E-state index in [-0.39, 0.29) is 0 Å². The molecule has 0 atom stereocenters. The van der Waals surface area contributed by atoms with Crippen molar-refractivity contribution in [2.24, 2.45) is 0 Å². The van der Waals surface area contributed by atoms with E-state index in [1.165, 1.54) is 0 Å². The molecule has 23 heavy (non-hydrogen) atoms. The lowest BCUT2D eigenvalue weighted by molar-refractivity contribution is 0.415. The zero-order valence-corrected chi connectivity index (χ0v) is 13.2. The van der Waals surface area contributed by atoms with Crippen LogP contribution in [0.5, 0.6) is 5.75 Å². The standard InChI is InChI=1S/C18H18N4O/c1-13-10-20-18(15-5-7-16(23-2)8-6-15)22-17(13)21-12-14-4-3-9-19-11-14/h3-11H,12H2,1-2H3,(H,20,21,22). The molecule has 3 rings (SSSR count). The van der Waals surface area contributed by atoms with Gasteiger partial charge in [0, 0.05) is 36.3 Å². The molecule has 0 spiro atoms. The maximum Gasteiger partial charge on any atom is 0.161 e. The largest absolute Gasteiger partial charge is 0.497 e. The van der Waals surface area contributed by atoms with Crippen LogP contribution < -0.4 is 10.1 Å². The highest BCUT2D eigenvalue weighted by molar-refractivity contribution is 5.59. The molecule has 0 fully saturated rings. The summed E-state index contributed by atoms with van der Waals surface area (Å²) in [7, 11) is 1.65. The monoisotopic (exact) mass is 306 g/mol. The van der Waals surface area contributed by atoms with Crippen LogP contribution >= 0.6 is 0 Å². The van der Waals surface area contributed by atoms with Crippen LogP contribution in [0.25, 0.3) is 11.4 Å². The number of nitrogens with zero attached hydrogens (tertiary/aromatic N) is 3. The Balaban J connectivity index is 1.80. The molecule has 0 saturated heterocycles. The average molecular weight is 306 g/mol. The van der Waals surface area contributed by atoms with Crippen molar-refractivity contribution in [2.45, 2.75) is 13.5 Å². The first-order valence-corrected chi connectivity index (χ1v) is 7.37. The van der Waals surface area contributed by atoms with E-state index in [2.05, 4.69) is 20.3 Å². The quantitative estimate of drug-likeness (QED) is 0.782. The van der Waals surface area contributed by atoms with Gasteiger partial charge in [-0.05, 0) is 42.8 Å². The number of hydrogen-bond donors (Lipinski definition) is 1. The summed E-state index contributed by atoms with van der Waals surface area (Å²) in [6.45, 7) is 2.66. The number of ether oxygens (including phenoxy) is 1. The van der Waals surface area contributed by atoms with Crippen molar-refractivity contribution >= 4 is 5.82 Å². The molecule has 5 heteroatoms. The lowest BCUT2D eigenvalue weighted by Crippen LogP contribution is -2.05. The third-order valence-corrected chi connectivity index (χ3v) is 3.50. The third-order valence-electron chi connectivity index (χ3n) is 3.50. The van der Waals surface area contributed by atoms with Crippen molar-refractivity contribution in [2.75, 3.05) is 12.4 Å². The number of hydrogen-bond acceptors (Lipinski definition) is 5. The Bertz CT molecular complexity index is 773. The summed E-state index contributed by atoms with van der Waals surface area (Å²) >= 11 is 0. The number of pyridine rings is 1. The molecule has 0 radical (unpaired) electrons. The summed E-state index contributed by atoms with van der Waals surface area (Å²) in [6, 6.07) is 11.7. The predicted octanol–water partition coefficient (Wildman–Crippen LogP) is 3.47. The molecule has 0 aliphatic rings. The van der Waals surface area contributed by atoms with E-state index in [0.29, 0.717) is 12.4 Å². The van der Waals surface area contributed by atoms with Crippen LogP contribution in [0.15, 0.2) is 55.0 Å². The Kier molecular flexibility index (Phi) is 4.47. The number of anilines is 1. The van der Waals surface area contributed by atoms with E-state index in [9.17, 15) is 0 Å². The number of aromatic nitrogens is 3. The second-order valence-electron chi connectivity index (χ2n) is 5.17. The first-order valence-electron chi connectivity index (χ1n) is 7.37. The second kappa shape index (κ2) is 6.87. The Hall–Kier alpha value is -2.95. The van der Waals surface area contributed by atoms with Gasteiger partial charge < -0.3 is 10.1 Å².